The van der Waals surface area contributed by atoms with Gasteiger partial charge in [-0.2, -0.15) is 4.98 Å². The molecule has 0 saturated carbocycles. The number of benzene rings is 1. The Kier molecular flexibility index (Phi) is 3.76. The summed E-state index contributed by atoms with van der Waals surface area (Å²) in [5.41, 5.74) is 0.431. The van der Waals surface area contributed by atoms with E-state index < -0.39 is 3.79 Å². The Balaban J connectivity index is 2.51. The van der Waals surface area contributed by atoms with Crippen molar-refractivity contribution in [2.24, 2.45) is 0 Å². The van der Waals surface area contributed by atoms with Crippen molar-refractivity contribution in [2.75, 3.05) is 0 Å². The van der Waals surface area contributed by atoms with E-state index in [1.165, 1.54) is 0 Å². The highest BCUT2D eigenvalue weighted by atomic mass is 35.6. The fourth-order valence-corrected chi connectivity index (χ4v) is 1.95. The summed E-state index contributed by atoms with van der Waals surface area (Å²) in [7, 11) is 0. The van der Waals surface area contributed by atoms with Crippen LogP contribution in [-0.2, 0) is 3.79 Å². The molecule has 3 nitrogen and oxygen atoms in total. The highest BCUT2D eigenvalue weighted by molar-refractivity contribution is 6.66. The second-order valence-corrected chi connectivity index (χ2v) is 6.11. The molecule has 17 heavy (non-hydrogen) atoms. The number of hydrogen-bond donors (Lipinski definition) is 0. The lowest BCUT2D eigenvalue weighted by Crippen LogP contribution is -1.99. The van der Waals surface area contributed by atoms with Crippen molar-refractivity contribution >= 4 is 58.0 Å². The van der Waals surface area contributed by atoms with Crippen molar-refractivity contribution in [1.29, 1.82) is 0 Å². The molecule has 0 N–H and O–H groups in total. The van der Waals surface area contributed by atoms with Crippen LogP contribution < -0.4 is 0 Å². The lowest BCUT2D eigenvalue weighted by atomic mass is 10.2. The number of rotatable bonds is 1. The fourth-order valence-electron chi connectivity index (χ4n) is 1.15. The van der Waals surface area contributed by atoms with Gasteiger partial charge in [0.05, 0.1) is 15.6 Å². The maximum Gasteiger partial charge on any atom is 0.279 e. The van der Waals surface area contributed by atoms with Crippen molar-refractivity contribution in [3.8, 4) is 11.4 Å². The molecule has 0 radical (unpaired) electrons. The largest absolute Gasteiger partial charge is 0.334 e. The monoisotopic (exact) mass is 330 g/mol. The Morgan fingerprint density at radius 1 is 1.06 bits per heavy atom. The van der Waals surface area contributed by atoms with Gasteiger partial charge in [0.1, 0.15) is 0 Å². The van der Waals surface area contributed by atoms with Gasteiger partial charge in [-0.3, -0.25) is 0 Å². The summed E-state index contributed by atoms with van der Waals surface area (Å²) in [6.07, 6.45) is 0. The van der Waals surface area contributed by atoms with E-state index in [4.69, 9.17) is 62.5 Å². The van der Waals surface area contributed by atoms with E-state index in [2.05, 4.69) is 10.1 Å². The number of alkyl halides is 3. The lowest BCUT2D eigenvalue weighted by Gasteiger charge is -2.02. The molecule has 1 aromatic carbocycles. The van der Waals surface area contributed by atoms with Gasteiger partial charge in [0.15, 0.2) is 0 Å². The summed E-state index contributed by atoms with van der Waals surface area (Å²) in [5, 5.41) is 4.43. The molecule has 2 rings (SSSR count). The fraction of sp³-hybridized carbons (Fsp3) is 0.111. The molecule has 0 aliphatic carbocycles. The zero-order chi connectivity index (χ0) is 12.6. The minimum absolute atomic E-state index is 0.145. The predicted octanol–water partition coefficient (Wildman–Crippen LogP) is 4.87. The van der Waals surface area contributed by atoms with Gasteiger partial charge in [0.25, 0.3) is 9.68 Å². The first kappa shape index (κ1) is 13.2. The summed E-state index contributed by atoms with van der Waals surface area (Å²) in [6.45, 7) is 0. The smallest absolute Gasteiger partial charge is 0.279 e. The van der Waals surface area contributed by atoms with Gasteiger partial charge in [0, 0.05) is 0 Å². The third-order valence-corrected chi connectivity index (χ3v) is 2.97. The number of aromatic nitrogens is 2. The SMILES string of the molecule is Clc1cccc(Cl)c1-c1noc(C(Cl)(Cl)Cl)n1. The van der Waals surface area contributed by atoms with Crippen molar-refractivity contribution in [2.45, 2.75) is 3.79 Å². The van der Waals surface area contributed by atoms with E-state index in [1.54, 1.807) is 18.2 Å². The van der Waals surface area contributed by atoms with E-state index in [9.17, 15) is 0 Å². The van der Waals surface area contributed by atoms with Gasteiger partial charge in [-0.15, -0.1) is 0 Å². The molecule has 0 fully saturated rings. The first-order valence-electron chi connectivity index (χ1n) is 4.25. The molecule has 1 aromatic heterocycles. The first-order valence-corrected chi connectivity index (χ1v) is 6.14. The maximum atomic E-state index is 5.98. The average molecular weight is 332 g/mol. The van der Waals surface area contributed by atoms with Crippen LogP contribution >= 0.6 is 58.0 Å². The molecule has 90 valence electrons. The van der Waals surface area contributed by atoms with E-state index in [-0.39, 0.29) is 11.7 Å². The summed E-state index contributed by atoms with van der Waals surface area (Å²) >= 11 is 28.8. The van der Waals surface area contributed by atoms with E-state index in [0.717, 1.165) is 0 Å². The van der Waals surface area contributed by atoms with Crippen LogP contribution in [0.15, 0.2) is 22.7 Å². The van der Waals surface area contributed by atoms with E-state index >= 15 is 0 Å². The van der Waals surface area contributed by atoms with E-state index in [1.807, 2.05) is 0 Å². The Hall–Kier alpha value is -0.190. The standard InChI is InChI=1S/C9H3Cl5N2O/c10-4-2-1-3-5(11)6(4)7-15-8(17-16-7)9(12,13)14/h1-3H. The zero-order valence-electron chi connectivity index (χ0n) is 7.92. The van der Waals surface area contributed by atoms with Crippen molar-refractivity contribution < 1.29 is 4.52 Å². The van der Waals surface area contributed by atoms with Crippen LogP contribution in [0.25, 0.3) is 11.4 Å². The third-order valence-electron chi connectivity index (χ3n) is 1.85. The molecule has 0 spiro atoms. The molecular weight excluding hydrogens is 329 g/mol. The Labute approximate surface area is 122 Å². The summed E-state index contributed by atoms with van der Waals surface area (Å²) in [5.74, 6) is 0.0235. The number of hydrogen-bond acceptors (Lipinski definition) is 3. The zero-order valence-corrected chi connectivity index (χ0v) is 11.7. The van der Waals surface area contributed by atoms with Crippen LogP contribution in [0.3, 0.4) is 0 Å². The number of nitrogens with zero attached hydrogens (tertiary/aromatic N) is 2. The molecule has 0 unspecified atom stereocenters. The van der Waals surface area contributed by atoms with Gasteiger partial charge >= 0.3 is 0 Å². The molecule has 0 bridgehead atoms. The highest BCUT2D eigenvalue weighted by Crippen LogP contribution is 2.39. The molecule has 0 saturated heterocycles. The quantitative estimate of drug-likeness (QED) is 0.699. The number of halogens is 5. The normalized spacial score (nSPS) is 11.8. The topological polar surface area (TPSA) is 38.9 Å². The molecule has 0 atom stereocenters. The molecule has 0 aliphatic rings. The summed E-state index contributed by atoms with van der Waals surface area (Å²) in [4.78, 5) is 3.93. The van der Waals surface area contributed by atoms with Crippen molar-refractivity contribution in [3.63, 3.8) is 0 Å². The minimum atomic E-state index is -1.78. The highest BCUT2D eigenvalue weighted by Gasteiger charge is 2.31. The second kappa shape index (κ2) is 4.82. The van der Waals surface area contributed by atoms with Crippen LogP contribution in [0.4, 0.5) is 0 Å². The second-order valence-electron chi connectivity index (χ2n) is 3.02. The van der Waals surface area contributed by atoms with Crippen molar-refractivity contribution in [1.82, 2.24) is 10.1 Å². The van der Waals surface area contributed by atoms with Crippen LogP contribution in [-0.4, -0.2) is 10.1 Å². The minimum Gasteiger partial charge on any atom is -0.334 e. The van der Waals surface area contributed by atoms with Crippen molar-refractivity contribution in [3.05, 3.63) is 34.1 Å². The summed E-state index contributed by atoms with van der Waals surface area (Å²) in [6, 6.07) is 4.99. The first-order chi connectivity index (χ1) is 7.89. The molecule has 8 heteroatoms. The lowest BCUT2D eigenvalue weighted by molar-refractivity contribution is 0.383. The Morgan fingerprint density at radius 3 is 2.12 bits per heavy atom. The molecule has 1 heterocycles. The van der Waals surface area contributed by atoms with Gasteiger partial charge in [-0.05, 0) is 12.1 Å². The molecule has 0 aliphatic heterocycles. The summed E-state index contributed by atoms with van der Waals surface area (Å²) < 4.78 is 3.04. The van der Waals surface area contributed by atoms with Gasteiger partial charge in [-0.1, -0.05) is 69.2 Å². The van der Waals surface area contributed by atoms with Crippen LogP contribution in [0.1, 0.15) is 5.89 Å². The third kappa shape index (κ3) is 2.80. The van der Waals surface area contributed by atoms with Crippen LogP contribution in [0.2, 0.25) is 10.0 Å². The maximum absolute atomic E-state index is 5.98. The van der Waals surface area contributed by atoms with Gasteiger partial charge in [-0.25, -0.2) is 0 Å². The Bertz CT molecular complexity index is 528. The average Bonchev–Trinajstić information content (AvgIpc) is 2.65. The predicted molar refractivity (Wildman–Crippen MR) is 69.0 cm³/mol. The van der Waals surface area contributed by atoms with Gasteiger partial charge < -0.3 is 4.52 Å². The van der Waals surface area contributed by atoms with E-state index in [0.29, 0.717) is 15.6 Å². The van der Waals surface area contributed by atoms with Crippen LogP contribution in [0, 0.1) is 0 Å². The Morgan fingerprint density at radius 2 is 1.65 bits per heavy atom. The molecular formula is C9H3Cl5N2O. The molecule has 0 amide bonds. The molecule has 2 aromatic rings. The van der Waals surface area contributed by atoms with Gasteiger partial charge in [0.2, 0.25) is 5.82 Å². The van der Waals surface area contributed by atoms with Crippen LogP contribution in [0.5, 0.6) is 0 Å².